The summed E-state index contributed by atoms with van der Waals surface area (Å²) < 4.78 is 5.26. The van der Waals surface area contributed by atoms with Crippen LogP contribution in [0.3, 0.4) is 0 Å². The summed E-state index contributed by atoms with van der Waals surface area (Å²) in [6, 6.07) is 12.1. The Morgan fingerprint density at radius 1 is 1.21 bits per heavy atom. The molecule has 1 aromatic heterocycles. The molecule has 0 radical (unpaired) electrons. The number of likely N-dealkylation sites (tertiary alicyclic amines) is 1. The molecule has 0 unspecified atom stereocenters. The van der Waals surface area contributed by atoms with E-state index in [0.29, 0.717) is 18.2 Å². The Labute approximate surface area is 142 Å². The average Bonchev–Trinajstić information content (AvgIpc) is 3.16. The SMILES string of the molecule is CC(C)(C)c1ccc([C@@H]2CCN(Cc3ccc([N+](=O)[O-])o3)C2)cc1. The molecule has 1 saturated heterocycles. The lowest BCUT2D eigenvalue weighted by Gasteiger charge is -2.20. The predicted molar refractivity (Wildman–Crippen MR) is 93.1 cm³/mol. The van der Waals surface area contributed by atoms with Gasteiger partial charge >= 0.3 is 5.88 Å². The van der Waals surface area contributed by atoms with Gasteiger partial charge in [-0.15, -0.1) is 0 Å². The van der Waals surface area contributed by atoms with Crippen LogP contribution in [0.15, 0.2) is 40.8 Å². The van der Waals surface area contributed by atoms with Gasteiger partial charge in [-0.3, -0.25) is 15.0 Å². The number of hydrogen-bond acceptors (Lipinski definition) is 4. The molecule has 0 spiro atoms. The lowest BCUT2D eigenvalue weighted by molar-refractivity contribution is -0.402. The van der Waals surface area contributed by atoms with Crippen molar-refractivity contribution in [3.63, 3.8) is 0 Å². The molecule has 0 bridgehead atoms. The van der Waals surface area contributed by atoms with E-state index >= 15 is 0 Å². The van der Waals surface area contributed by atoms with Crippen LogP contribution in [0.4, 0.5) is 5.88 Å². The first kappa shape index (κ1) is 16.7. The summed E-state index contributed by atoms with van der Waals surface area (Å²) in [5.41, 5.74) is 2.90. The highest BCUT2D eigenvalue weighted by Gasteiger charge is 2.25. The highest BCUT2D eigenvalue weighted by molar-refractivity contribution is 5.30. The number of rotatable bonds is 4. The van der Waals surface area contributed by atoms with Crippen LogP contribution in [-0.2, 0) is 12.0 Å². The first-order valence-electron chi connectivity index (χ1n) is 8.39. The second-order valence-electron chi connectivity index (χ2n) is 7.59. The molecule has 1 atom stereocenters. The van der Waals surface area contributed by atoms with E-state index in [9.17, 15) is 10.1 Å². The number of nitrogens with zero attached hydrogens (tertiary/aromatic N) is 2. The molecule has 24 heavy (non-hydrogen) atoms. The van der Waals surface area contributed by atoms with Crippen LogP contribution < -0.4 is 0 Å². The molecule has 1 aliphatic heterocycles. The van der Waals surface area contributed by atoms with Crippen LogP contribution in [0.5, 0.6) is 0 Å². The normalized spacial score (nSPS) is 18.9. The van der Waals surface area contributed by atoms with Gasteiger partial charge in [0.05, 0.1) is 12.6 Å². The van der Waals surface area contributed by atoms with Gasteiger partial charge in [-0.25, -0.2) is 0 Å². The van der Waals surface area contributed by atoms with Crippen molar-refractivity contribution in [1.82, 2.24) is 4.90 Å². The molecular weight excluding hydrogens is 304 g/mol. The summed E-state index contributed by atoms with van der Waals surface area (Å²) in [4.78, 5) is 12.5. The van der Waals surface area contributed by atoms with Crippen molar-refractivity contribution in [2.75, 3.05) is 13.1 Å². The van der Waals surface area contributed by atoms with E-state index in [0.717, 1.165) is 19.5 Å². The summed E-state index contributed by atoms with van der Waals surface area (Å²) in [5, 5.41) is 10.7. The fraction of sp³-hybridized carbons (Fsp3) is 0.474. The van der Waals surface area contributed by atoms with Crippen LogP contribution in [-0.4, -0.2) is 22.9 Å². The van der Waals surface area contributed by atoms with E-state index in [1.165, 1.54) is 17.2 Å². The fourth-order valence-electron chi connectivity index (χ4n) is 3.27. The predicted octanol–water partition coefficient (Wildman–Crippen LogP) is 4.47. The van der Waals surface area contributed by atoms with Crippen molar-refractivity contribution >= 4 is 5.88 Å². The Morgan fingerprint density at radius 3 is 2.50 bits per heavy atom. The van der Waals surface area contributed by atoms with Gasteiger partial charge in [0.1, 0.15) is 10.7 Å². The molecule has 2 heterocycles. The Morgan fingerprint density at radius 2 is 1.92 bits per heavy atom. The second kappa shape index (κ2) is 6.40. The van der Waals surface area contributed by atoms with Crippen molar-refractivity contribution in [3.05, 3.63) is 63.4 Å². The van der Waals surface area contributed by atoms with Crippen LogP contribution in [0, 0.1) is 10.1 Å². The Kier molecular flexibility index (Phi) is 4.45. The average molecular weight is 328 g/mol. The summed E-state index contributed by atoms with van der Waals surface area (Å²) in [6.07, 6.45) is 1.11. The topological polar surface area (TPSA) is 59.5 Å². The van der Waals surface area contributed by atoms with Crippen molar-refractivity contribution in [2.45, 2.75) is 45.1 Å². The molecule has 1 aliphatic rings. The Hall–Kier alpha value is -2.14. The standard InChI is InChI=1S/C19H24N2O3/c1-19(2,3)16-6-4-14(5-7-16)15-10-11-20(12-15)13-17-8-9-18(24-17)21(22)23/h4-9,15H,10-13H2,1-3H3/t15-/m1/s1. The fourth-order valence-corrected chi connectivity index (χ4v) is 3.27. The van der Waals surface area contributed by atoms with Gasteiger partial charge in [-0.1, -0.05) is 45.0 Å². The highest BCUT2D eigenvalue weighted by atomic mass is 16.6. The monoisotopic (exact) mass is 328 g/mol. The van der Waals surface area contributed by atoms with Gasteiger partial charge in [-0.05, 0) is 41.5 Å². The molecule has 1 aromatic carbocycles. The maximum absolute atomic E-state index is 10.7. The molecule has 5 nitrogen and oxygen atoms in total. The van der Waals surface area contributed by atoms with Crippen LogP contribution in [0.25, 0.3) is 0 Å². The van der Waals surface area contributed by atoms with Crippen LogP contribution in [0.1, 0.15) is 50.0 Å². The van der Waals surface area contributed by atoms with Crippen LogP contribution >= 0.6 is 0 Å². The quantitative estimate of drug-likeness (QED) is 0.613. The van der Waals surface area contributed by atoms with E-state index in [-0.39, 0.29) is 11.3 Å². The molecule has 5 heteroatoms. The smallest absolute Gasteiger partial charge is 0.404 e. The van der Waals surface area contributed by atoms with Crippen molar-refractivity contribution < 1.29 is 9.34 Å². The third-order valence-corrected chi connectivity index (χ3v) is 4.73. The summed E-state index contributed by atoms with van der Waals surface area (Å²) in [6.45, 7) is 9.25. The first-order valence-corrected chi connectivity index (χ1v) is 8.39. The van der Waals surface area contributed by atoms with Gasteiger partial charge in [-0.2, -0.15) is 0 Å². The van der Waals surface area contributed by atoms with Gasteiger partial charge in [0.25, 0.3) is 0 Å². The molecular formula is C19H24N2O3. The van der Waals surface area contributed by atoms with E-state index < -0.39 is 4.92 Å². The zero-order chi connectivity index (χ0) is 17.3. The highest BCUT2D eigenvalue weighted by Crippen LogP contribution is 2.31. The third kappa shape index (κ3) is 3.67. The second-order valence-corrected chi connectivity index (χ2v) is 7.59. The van der Waals surface area contributed by atoms with Gasteiger partial charge in [0.2, 0.25) is 0 Å². The molecule has 0 aliphatic carbocycles. The molecule has 2 aromatic rings. The summed E-state index contributed by atoms with van der Waals surface area (Å²) in [5.74, 6) is 0.993. The Bertz CT molecular complexity index is 713. The molecule has 3 rings (SSSR count). The van der Waals surface area contributed by atoms with E-state index in [4.69, 9.17) is 4.42 Å². The third-order valence-electron chi connectivity index (χ3n) is 4.73. The minimum atomic E-state index is -0.493. The van der Waals surface area contributed by atoms with E-state index in [1.807, 2.05) is 0 Å². The largest absolute Gasteiger partial charge is 0.433 e. The number of hydrogen-bond donors (Lipinski definition) is 0. The molecule has 0 saturated carbocycles. The molecule has 0 amide bonds. The zero-order valence-electron chi connectivity index (χ0n) is 14.5. The Balaban J connectivity index is 1.61. The summed E-state index contributed by atoms with van der Waals surface area (Å²) in [7, 11) is 0. The summed E-state index contributed by atoms with van der Waals surface area (Å²) >= 11 is 0. The van der Waals surface area contributed by atoms with Gasteiger partial charge in [0.15, 0.2) is 0 Å². The zero-order valence-corrected chi connectivity index (χ0v) is 14.5. The van der Waals surface area contributed by atoms with E-state index in [2.05, 4.69) is 49.9 Å². The lowest BCUT2D eigenvalue weighted by atomic mass is 9.85. The first-order chi connectivity index (χ1) is 11.3. The molecule has 0 N–H and O–H groups in total. The maximum Gasteiger partial charge on any atom is 0.433 e. The molecule has 128 valence electrons. The van der Waals surface area contributed by atoms with Gasteiger partial charge < -0.3 is 4.42 Å². The van der Waals surface area contributed by atoms with Crippen molar-refractivity contribution in [1.29, 1.82) is 0 Å². The maximum atomic E-state index is 10.7. The minimum Gasteiger partial charge on any atom is -0.404 e. The number of furan rings is 1. The van der Waals surface area contributed by atoms with Gasteiger partial charge in [0, 0.05) is 6.54 Å². The van der Waals surface area contributed by atoms with Crippen LogP contribution in [0.2, 0.25) is 0 Å². The number of nitro groups is 1. The van der Waals surface area contributed by atoms with Crippen molar-refractivity contribution in [3.8, 4) is 0 Å². The van der Waals surface area contributed by atoms with Crippen molar-refractivity contribution in [2.24, 2.45) is 0 Å². The molecule has 1 fully saturated rings. The lowest BCUT2D eigenvalue weighted by Crippen LogP contribution is -2.19. The minimum absolute atomic E-state index is 0.175. The van der Waals surface area contributed by atoms with E-state index in [1.54, 1.807) is 6.07 Å². The number of benzene rings is 1.